The number of carbonyl (C=O) groups excluding carboxylic acids is 1. The number of nitrogens with one attached hydrogen (secondary N) is 1. The van der Waals surface area contributed by atoms with Crippen LogP contribution in [0.3, 0.4) is 0 Å². The molecule has 0 aliphatic carbocycles. The zero-order valence-corrected chi connectivity index (χ0v) is 19.5. The van der Waals surface area contributed by atoms with Crippen LogP contribution in [0, 0.1) is 11.5 Å². The van der Waals surface area contributed by atoms with Crippen molar-refractivity contribution in [3.05, 3.63) is 59.1 Å². The Morgan fingerprint density at radius 1 is 1.40 bits per heavy atom. The van der Waals surface area contributed by atoms with Crippen molar-refractivity contribution in [2.75, 3.05) is 19.7 Å². The summed E-state index contributed by atoms with van der Waals surface area (Å²) in [6.07, 6.45) is 2.44. The van der Waals surface area contributed by atoms with Crippen LogP contribution >= 0.6 is 11.6 Å². The standard InChI is InChI=1S/C23H23ClF2N6O3/c1-2-10-31(20(34)13-33)19-12-32(30-21(19)15-6-8-16(24)9-7-15)23(28-14-27)29-17-4-3-5-18(11-17)35-22(25)26/h3-9,11,19,22,33H,2,10,12-13H2,1H3,(H,28,29). The minimum atomic E-state index is -2.99. The van der Waals surface area contributed by atoms with Crippen LogP contribution in [0.25, 0.3) is 0 Å². The molecular weight excluding hydrogens is 482 g/mol. The molecule has 1 heterocycles. The Labute approximate surface area is 205 Å². The molecule has 2 aromatic carbocycles. The molecule has 9 nitrogen and oxygen atoms in total. The monoisotopic (exact) mass is 504 g/mol. The Morgan fingerprint density at radius 2 is 2.14 bits per heavy atom. The summed E-state index contributed by atoms with van der Waals surface area (Å²) in [5.41, 5.74) is 1.45. The second kappa shape index (κ2) is 12.1. The van der Waals surface area contributed by atoms with Crippen LogP contribution in [-0.2, 0) is 4.79 Å². The first-order valence-electron chi connectivity index (χ1n) is 10.7. The molecule has 3 rings (SSSR count). The van der Waals surface area contributed by atoms with Crippen molar-refractivity contribution in [2.45, 2.75) is 26.0 Å². The van der Waals surface area contributed by atoms with Gasteiger partial charge in [0.15, 0.2) is 6.19 Å². The number of nitrogens with zero attached hydrogens (tertiary/aromatic N) is 5. The van der Waals surface area contributed by atoms with E-state index in [1.54, 1.807) is 36.5 Å². The second-order valence-electron chi connectivity index (χ2n) is 7.38. The number of amides is 1. The summed E-state index contributed by atoms with van der Waals surface area (Å²) in [6, 6.07) is 12.0. The molecule has 1 amide bonds. The molecule has 0 saturated heterocycles. The first-order valence-corrected chi connectivity index (χ1v) is 11.0. The number of hydrogen-bond acceptors (Lipinski definition) is 6. The molecule has 184 valence electrons. The number of aliphatic hydroxyl groups is 1. The Bertz CT molecular complexity index is 1140. The van der Waals surface area contributed by atoms with E-state index in [-0.39, 0.29) is 23.9 Å². The lowest BCUT2D eigenvalue weighted by molar-refractivity contribution is -0.135. The summed E-state index contributed by atoms with van der Waals surface area (Å²) >= 11 is 6.02. The fourth-order valence-electron chi connectivity index (χ4n) is 3.58. The molecule has 1 unspecified atom stereocenters. The Hall–Kier alpha value is -3.75. The molecule has 0 fully saturated rings. The van der Waals surface area contributed by atoms with E-state index in [4.69, 9.17) is 11.6 Å². The second-order valence-corrected chi connectivity index (χ2v) is 7.82. The van der Waals surface area contributed by atoms with Crippen molar-refractivity contribution in [3.63, 3.8) is 0 Å². The van der Waals surface area contributed by atoms with Crippen molar-refractivity contribution in [1.29, 1.82) is 5.26 Å². The lowest BCUT2D eigenvalue weighted by atomic mass is 10.0. The van der Waals surface area contributed by atoms with Gasteiger partial charge in [0.25, 0.3) is 0 Å². The Morgan fingerprint density at radius 3 is 2.77 bits per heavy atom. The summed E-state index contributed by atoms with van der Waals surface area (Å²) in [5, 5.41) is 27.8. The quantitative estimate of drug-likeness (QED) is 0.247. The van der Waals surface area contributed by atoms with Gasteiger partial charge in [0.1, 0.15) is 12.4 Å². The highest BCUT2D eigenvalue weighted by atomic mass is 35.5. The van der Waals surface area contributed by atoms with Crippen LogP contribution < -0.4 is 10.1 Å². The number of benzene rings is 2. The van der Waals surface area contributed by atoms with Gasteiger partial charge in [-0.05, 0) is 30.7 Å². The first-order chi connectivity index (χ1) is 16.9. The maximum Gasteiger partial charge on any atom is 0.387 e. The van der Waals surface area contributed by atoms with E-state index in [0.29, 0.717) is 29.3 Å². The average Bonchev–Trinajstić information content (AvgIpc) is 3.27. The summed E-state index contributed by atoms with van der Waals surface area (Å²) < 4.78 is 29.6. The van der Waals surface area contributed by atoms with E-state index in [1.165, 1.54) is 28.1 Å². The Kier molecular flexibility index (Phi) is 8.94. The summed E-state index contributed by atoms with van der Waals surface area (Å²) in [7, 11) is 0. The summed E-state index contributed by atoms with van der Waals surface area (Å²) in [4.78, 5) is 18.4. The average molecular weight is 505 g/mol. The minimum Gasteiger partial charge on any atom is -0.435 e. The van der Waals surface area contributed by atoms with Crippen molar-refractivity contribution in [3.8, 4) is 11.9 Å². The number of hydrogen-bond donors (Lipinski definition) is 2. The summed E-state index contributed by atoms with van der Waals surface area (Å²) in [5.74, 6) is -0.544. The number of carbonyl (C=O) groups is 1. The van der Waals surface area contributed by atoms with Gasteiger partial charge in [0, 0.05) is 23.2 Å². The van der Waals surface area contributed by atoms with Gasteiger partial charge in [0.05, 0.1) is 24.0 Å². The number of rotatable bonds is 8. The number of halogens is 3. The van der Waals surface area contributed by atoms with E-state index in [1.807, 2.05) is 6.92 Å². The van der Waals surface area contributed by atoms with Crippen molar-refractivity contribution >= 4 is 34.9 Å². The maximum absolute atomic E-state index is 12.6. The molecule has 1 aliphatic rings. The number of aliphatic imine (C=N–C) groups is 1. The molecule has 35 heavy (non-hydrogen) atoms. The number of alkyl halides is 2. The lowest BCUT2D eigenvalue weighted by Crippen LogP contribution is -2.49. The Balaban J connectivity index is 2.02. The SMILES string of the molecule is CCCN(C(=O)CO)C1CN(C(=Nc2cccc(OC(F)F)c2)NC#N)N=C1c1ccc(Cl)cc1. The smallest absolute Gasteiger partial charge is 0.387 e. The van der Waals surface area contributed by atoms with Crippen LogP contribution in [0.4, 0.5) is 14.5 Å². The normalized spacial score (nSPS) is 15.6. The van der Waals surface area contributed by atoms with Gasteiger partial charge in [-0.2, -0.15) is 19.1 Å². The molecule has 0 spiro atoms. The van der Waals surface area contributed by atoms with Gasteiger partial charge >= 0.3 is 6.61 Å². The van der Waals surface area contributed by atoms with E-state index < -0.39 is 25.2 Å². The van der Waals surface area contributed by atoms with E-state index in [0.717, 1.165) is 0 Å². The van der Waals surface area contributed by atoms with Crippen LogP contribution in [0.1, 0.15) is 18.9 Å². The predicted octanol–water partition coefficient (Wildman–Crippen LogP) is 3.32. The highest BCUT2D eigenvalue weighted by molar-refractivity contribution is 6.30. The zero-order valence-electron chi connectivity index (χ0n) is 18.7. The molecule has 0 saturated carbocycles. The van der Waals surface area contributed by atoms with E-state index in [2.05, 4.69) is 20.1 Å². The number of hydrazone groups is 1. The zero-order chi connectivity index (χ0) is 25.4. The van der Waals surface area contributed by atoms with Gasteiger partial charge in [-0.25, -0.2) is 10.0 Å². The van der Waals surface area contributed by atoms with Crippen molar-refractivity contribution < 1.29 is 23.4 Å². The molecule has 2 aromatic rings. The molecule has 0 radical (unpaired) electrons. The summed E-state index contributed by atoms with van der Waals surface area (Å²) in [6.45, 7) is -1.26. The first kappa shape index (κ1) is 25.9. The maximum atomic E-state index is 12.6. The molecule has 0 aromatic heterocycles. The van der Waals surface area contributed by atoms with Crippen molar-refractivity contribution in [1.82, 2.24) is 15.2 Å². The predicted molar refractivity (Wildman–Crippen MR) is 126 cm³/mol. The van der Waals surface area contributed by atoms with E-state index in [9.17, 15) is 23.9 Å². The lowest BCUT2D eigenvalue weighted by Gasteiger charge is -2.29. The minimum absolute atomic E-state index is 0.0172. The third-order valence-electron chi connectivity index (χ3n) is 5.02. The molecule has 12 heteroatoms. The van der Waals surface area contributed by atoms with Gasteiger partial charge in [-0.15, -0.1) is 0 Å². The van der Waals surface area contributed by atoms with Gasteiger partial charge in [-0.1, -0.05) is 36.7 Å². The van der Waals surface area contributed by atoms with Crippen LogP contribution in [-0.4, -0.2) is 64.9 Å². The van der Waals surface area contributed by atoms with Gasteiger partial charge < -0.3 is 14.7 Å². The van der Waals surface area contributed by atoms with Crippen molar-refractivity contribution in [2.24, 2.45) is 10.1 Å². The highest BCUT2D eigenvalue weighted by Gasteiger charge is 2.36. The number of ether oxygens (including phenoxy) is 1. The number of nitriles is 1. The molecular formula is C23H23ClF2N6O3. The van der Waals surface area contributed by atoms with E-state index >= 15 is 0 Å². The highest BCUT2D eigenvalue weighted by Crippen LogP contribution is 2.25. The van der Waals surface area contributed by atoms with Crippen LogP contribution in [0.2, 0.25) is 5.02 Å². The van der Waals surface area contributed by atoms with Gasteiger partial charge in [-0.3, -0.25) is 10.1 Å². The molecule has 0 bridgehead atoms. The fraction of sp³-hybridized carbons (Fsp3) is 0.304. The molecule has 1 aliphatic heterocycles. The van der Waals surface area contributed by atoms with Crippen LogP contribution in [0.15, 0.2) is 58.6 Å². The largest absolute Gasteiger partial charge is 0.435 e. The molecule has 2 N–H and O–H groups in total. The topological polar surface area (TPSA) is 114 Å². The third-order valence-corrected chi connectivity index (χ3v) is 5.27. The number of aliphatic hydroxyl groups excluding tert-OH is 1. The van der Waals surface area contributed by atoms with Gasteiger partial charge in [0.2, 0.25) is 11.9 Å². The fourth-order valence-corrected chi connectivity index (χ4v) is 3.70. The molecule has 1 atom stereocenters. The number of guanidine groups is 1. The third kappa shape index (κ3) is 6.65. The van der Waals surface area contributed by atoms with Crippen LogP contribution in [0.5, 0.6) is 5.75 Å².